The average Bonchev–Trinajstić information content (AvgIpc) is 2.61. The molecule has 7 heteroatoms. The minimum absolute atomic E-state index is 0.0755. The van der Waals surface area contributed by atoms with Crippen molar-refractivity contribution in [2.75, 3.05) is 32.8 Å². The molecule has 138 valence electrons. The zero-order valence-corrected chi connectivity index (χ0v) is 14.6. The van der Waals surface area contributed by atoms with E-state index in [9.17, 15) is 14.0 Å². The number of halogens is 1. The first kappa shape index (κ1) is 19.2. The fourth-order valence-electron chi connectivity index (χ4n) is 2.83. The maximum absolute atomic E-state index is 13.5. The topological polar surface area (TPSA) is 70.7 Å². The predicted molar refractivity (Wildman–Crippen MR) is 92.7 cm³/mol. The summed E-state index contributed by atoms with van der Waals surface area (Å²) in [6, 6.07) is 6.71. The molecule has 0 aromatic heterocycles. The number of nitrogens with one attached hydrogen (secondary N) is 2. The van der Waals surface area contributed by atoms with Gasteiger partial charge in [0.05, 0.1) is 13.2 Å². The van der Waals surface area contributed by atoms with Crippen molar-refractivity contribution in [2.24, 2.45) is 0 Å². The molecule has 1 aliphatic heterocycles. The summed E-state index contributed by atoms with van der Waals surface area (Å²) >= 11 is 0. The number of carbonyl (C=O) groups excluding carboxylic acids is 2. The van der Waals surface area contributed by atoms with Crippen LogP contribution in [-0.2, 0) is 16.0 Å². The number of likely N-dealkylation sites (tertiary alicyclic amines) is 1. The first-order valence-electron chi connectivity index (χ1n) is 8.75. The predicted octanol–water partition coefficient (Wildman–Crippen LogP) is 1.69. The molecule has 0 radical (unpaired) electrons. The van der Waals surface area contributed by atoms with Gasteiger partial charge in [-0.1, -0.05) is 18.2 Å². The molecule has 0 saturated carbocycles. The molecule has 1 saturated heterocycles. The van der Waals surface area contributed by atoms with Crippen LogP contribution in [0.5, 0.6) is 0 Å². The maximum Gasteiger partial charge on any atom is 0.409 e. The van der Waals surface area contributed by atoms with Crippen molar-refractivity contribution < 1.29 is 18.7 Å². The Balaban J connectivity index is 1.60. The number of nitrogens with zero attached hydrogens (tertiary/aromatic N) is 1. The summed E-state index contributed by atoms with van der Waals surface area (Å²) in [5, 5.41) is 6.00. The smallest absolute Gasteiger partial charge is 0.409 e. The van der Waals surface area contributed by atoms with Gasteiger partial charge in [0.25, 0.3) is 0 Å². The summed E-state index contributed by atoms with van der Waals surface area (Å²) < 4.78 is 18.4. The van der Waals surface area contributed by atoms with Gasteiger partial charge < -0.3 is 20.3 Å². The summed E-state index contributed by atoms with van der Waals surface area (Å²) in [4.78, 5) is 25.2. The van der Waals surface area contributed by atoms with E-state index in [4.69, 9.17) is 4.74 Å². The minimum Gasteiger partial charge on any atom is -0.450 e. The van der Waals surface area contributed by atoms with Gasteiger partial charge in [0, 0.05) is 19.1 Å². The molecule has 1 aromatic rings. The Bertz CT molecular complexity index is 574. The first-order chi connectivity index (χ1) is 12.1. The van der Waals surface area contributed by atoms with Gasteiger partial charge in [0.15, 0.2) is 0 Å². The van der Waals surface area contributed by atoms with Crippen molar-refractivity contribution in [3.05, 3.63) is 35.6 Å². The van der Waals surface area contributed by atoms with Crippen molar-refractivity contribution in [1.29, 1.82) is 0 Å². The standard InChI is InChI=1S/C18H26FN3O3/c1-2-25-18(24)22-11-8-15(9-12-22)21-17(23)13-20-10-7-14-5-3-4-6-16(14)19/h3-6,15,20H,2,7-13H2,1H3,(H,21,23). The summed E-state index contributed by atoms with van der Waals surface area (Å²) in [5.74, 6) is -0.301. The Morgan fingerprint density at radius 1 is 1.28 bits per heavy atom. The highest BCUT2D eigenvalue weighted by Gasteiger charge is 2.24. The van der Waals surface area contributed by atoms with Crippen molar-refractivity contribution in [3.8, 4) is 0 Å². The van der Waals surface area contributed by atoms with Gasteiger partial charge in [-0.25, -0.2) is 9.18 Å². The molecular weight excluding hydrogens is 325 g/mol. The van der Waals surface area contributed by atoms with Crippen molar-refractivity contribution in [2.45, 2.75) is 32.2 Å². The molecule has 1 aliphatic rings. The second-order valence-electron chi connectivity index (χ2n) is 6.05. The number of benzene rings is 1. The molecule has 0 atom stereocenters. The van der Waals surface area contributed by atoms with E-state index in [2.05, 4.69) is 10.6 Å². The first-order valence-corrected chi connectivity index (χ1v) is 8.75. The fourth-order valence-corrected chi connectivity index (χ4v) is 2.83. The molecule has 2 amide bonds. The molecule has 2 N–H and O–H groups in total. The van der Waals surface area contributed by atoms with E-state index in [0.717, 1.165) is 12.8 Å². The third kappa shape index (κ3) is 6.34. The van der Waals surface area contributed by atoms with Crippen LogP contribution in [0.2, 0.25) is 0 Å². The van der Waals surface area contributed by atoms with E-state index in [-0.39, 0.29) is 30.4 Å². The van der Waals surface area contributed by atoms with Crippen molar-refractivity contribution in [3.63, 3.8) is 0 Å². The second-order valence-corrected chi connectivity index (χ2v) is 6.05. The Kier molecular flexibility index (Phi) is 7.66. The summed E-state index contributed by atoms with van der Waals surface area (Å²) in [6.07, 6.45) is 1.69. The van der Waals surface area contributed by atoms with E-state index in [1.165, 1.54) is 6.07 Å². The number of amides is 2. The quantitative estimate of drug-likeness (QED) is 0.734. The molecule has 2 rings (SSSR count). The third-order valence-corrected chi connectivity index (χ3v) is 4.20. The number of carbonyl (C=O) groups is 2. The number of hydrogen-bond acceptors (Lipinski definition) is 4. The van der Waals surface area contributed by atoms with Gasteiger partial charge in [-0.2, -0.15) is 0 Å². The molecular formula is C18H26FN3O3. The highest BCUT2D eigenvalue weighted by atomic mass is 19.1. The van der Waals surface area contributed by atoms with Gasteiger partial charge in [0.2, 0.25) is 5.91 Å². The molecule has 0 unspecified atom stereocenters. The SMILES string of the molecule is CCOC(=O)N1CCC(NC(=O)CNCCc2ccccc2F)CC1. The van der Waals surface area contributed by atoms with Crippen LogP contribution >= 0.6 is 0 Å². The molecule has 1 aromatic carbocycles. The molecule has 1 fully saturated rings. The highest BCUT2D eigenvalue weighted by Crippen LogP contribution is 2.11. The molecule has 0 spiro atoms. The van der Waals surface area contributed by atoms with Crippen LogP contribution in [0.15, 0.2) is 24.3 Å². The summed E-state index contributed by atoms with van der Waals surface area (Å²) in [5.41, 5.74) is 0.641. The molecule has 0 aliphatic carbocycles. The van der Waals surface area contributed by atoms with Crippen molar-refractivity contribution in [1.82, 2.24) is 15.5 Å². The monoisotopic (exact) mass is 351 g/mol. The van der Waals surface area contributed by atoms with Crippen LogP contribution in [0.4, 0.5) is 9.18 Å². The number of hydrogen-bond donors (Lipinski definition) is 2. The van der Waals surface area contributed by atoms with E-state index in [1.807, 2.05) is 0 Å². The van der Waals surface area contributed by atoms with E-state index >= 15 is 0 Å². The zero-order valence-electron chi connectivity index (χ0n) is 14.6. The van der Waals surface area contributed by atoms with Crippen LogP contribution in [0, 0.1) is 5.82 Å². The third-order valence-electron chi connectivity index (χ3n) is 4.20. The average molecular weight is 351 g/mol. The van der Waals surface area contributed by atoms with Crippen molar-refractivity contribution >= 4 is 12.0 Å². The van der Waals surface area contributed by atoms with Crippen LogP contribution in [0.3, 0.4) is 0 Å². The highest BCUT2D eigenvalue weighted by molar-refractivity contribution is 5.78. The maximum atomic E-state index is 13.5. The summed E-state index contributed by atoms with van der Waals surface area (Å²) in [7, 11) is 0. The molecule has 0 bridgehead atoms. The second kappa shape index (κ2) is 9.98. The van der Waals surface area contributed by atoms with E-state index in [1.54, 1.807) is 30.0 Å². The van der Waals surface area contributed by atoms with Crippen LogP contribution < -0.4 is 10.6 Å². The van der Waals surface area contributed by atoms with E-state index < -0.39 is 0 Å². The van der Waals surface area contributed by atoms with Crippen LogP contribution in [-0.4, -0.2) is 55.7 Å². The summed E-state index contributed by atoms with van der Waals surface area (Å²) in [6.45, 7) is 4.06. The van der Waals surface area contributed by atoms with Crippen LogP contribution in [0.25, 0.3) is 0 Å². The lowest BCUT2D eigenvalue weighted by atomic mass is 10.1. The lowest BCUT2D eigenvalue weighted by Crippen LogP contribution is -2.48. The molecule has 1 heterocycles. The van der Waals surface area contributed by atoms with Crippen LogP contribution in [0.1, 0.15) is 25.3 Å². The lowest BCUT2D eigenvalue weighted by Gasteiger charge is -2.31. The fraction of sp³-hybridized carbons (Fsp3) is 0.556. The lowest BCUT2D eigenvalue weighted by molar-refractivity contribution is -0.121. The van der Waals surface area contributed by atoms with Gasteiger partial charge in [-0.15, -0.1) is 0 Å². The Hall–Kier alpha value is -2.15. The number of rotatable bonds is 7. The minimum atomic E-state index is -0.290. The van der Waals surface area contributed by atoms with Gasteiger partial charge in [0.1, 0.15) is 5.82 Å². The zero-order chi connectivity index (χ0) is 18.1. The molecule has 6 nitrogen and oxygen atoms in total. The Labute approximate surface area is 147 Å². The number of ether oxygens (including phenoxy) is 1. The largest absolute Gasteiger partial charge is 0.450 e. The molecule has 25 heavy (non-hydrogen) atoms. The van der Waals surface area contributed by atoms with Gasteiger partial charge in [-0.05, 0) is 44.4 Å². The van der Waals surface area contributed by atoms with Gasteiger partial charge >= 0.3 is 6.09 Å². The number of piperidine rings is 1. The Morgan fingerprint density at radius 2 is 2.00 bits per heavy atom. The van der Waals surface area contributed by atoms with Gasteiger partial charge in [-0.3, -0.25) is 4.79 Å². The normalized spacial score (nSPS) is 15.0. The Morgan fingerprint density at radius 3 is 2.68 bits per heavy atom. The van der Waals surface area contributed by atoms with E-state index in [0.29, 0.717) is 38.2 Å².